The topological polar surface area (TPSA) is 24.5 Å². The van der Waals surface area contributed by atoms with Gasteiger partial charge in [0.25, 0.3) is 0 Å². The predicted octanol–water partition coefficient (Wildman–Crippen LogP) is 4.32. The van der Waals surface area contributed by atoms with Gasteiger partial charge in [-0.05, 0) is 57.3 Å². The highest BCUT2D eigenvalue weighted by Gasteiger charge is 2.26. The van der Waals surface area contributed by atoms with Gasteiger partial charge in [-0.1, -0.05) is 33.6 Å². The van der Waals surface area contributed by atoms with E-state index in [1.165, 1.54) is 51.6 Å². The zero-order valence-electron chi connectivity index (χ0n) is 16.9. The van der Waals surface area contributed by atoms with Gasteiger partial charge in [-0.15, -0.1) is 0 Å². The van der Waals surface area contributed by atoms with E-state index in [4.69, 9.17) is 4.74 Å². The third-order valence-corrected chi connectivity index (χ3v) is 6.34. The van der Waals surface area contributed by atoms with Gasteiger partial charge in [0, 0.05) is 32.2 Å². The first-order valence-corrected chi connectivity index (χ1v) is 10.6. The largest absolute Gasteiger partial charge is 0.372 e. The molecule has 1 aliphatic carbocycles. The Morgan fingerprint density at radius 2 is 1.42 bits per heavy atom. The van der Waals surface area contributed by atoms with E-state index < -0.39 is 0 Å². The summed E-state index contributed by atoms with van der Waals surface area (Å²) in [4.78, 5) is 2.54. The van der Waals surface area contributed by atoms with E-state index in [2.05, 4.69) is 44.8 Å². The van der Waals surface area contributed by atoms with Crippen molar-refractivity contribution in [1.29, 1.82) is 0 Å². The maximum Gasteiger partial charge on any atom is 0.0827 e. The fourth-order valence-corrected chi connectivity index (χ4v) is 4.11. The molecule has 0 aromatic rings. The number of ether oxygens (including phenoxy) is 1. The first-order valence-electron chi connectivity index (χ1n) is 10.6. The van der Waals surface area contributed by atoms with Gasteiger partial charge in [0.1, 0.15) is 0 Å². The zero-order chi connectivity index (χ0) is 17.5. The lowest BCUT2D eigenvalue weighted by molar-refractivity contribution is -0.0646. The Hall–Kier alpha value is -0.120. The normalized spacial score (nSPS) is 30.1. The number of piperidine rings is 1. The Morgan fingerprint density at radius 3 is 1.83 bits per heavy atom. The lowest BCUT2D eigenvalue weighted by Gasteiger charge is -2.38. The summed E-state index contributed by atoms with van der Waals surface area (Å²) in [5.41, 5.74) is 0. The second-order valence-corrected chi connectivity index (χ2v) is 9.01. The second-order valence-electron chi connectivity index (χ2n) is 9.01. The van der Waals surface area contributed by atoms with Crippen LogP contribution in [0, 0.1) is 17.8 Å². The van der Waals surface area contributed by atoms with Gasteiger partial charge in [-0.25, -0.2) is 0 Å². The van der Waals surface area contributed by atoms with Crippen molar-refractivity contribution in [2.45, 2.75) is 91.4 Å². The molecule has 0 radical (unpaired) electrons. The van der Waals surface area contributed by atoms with Gasteiger partial charge >= 0.3 is 0 Å². The summed E-state index contributed by atoms with van der Waals surface area (Å²) in [6.45, 7) is 16.2. The average molecular weight is 339 g/mol. The zero-order valence-corrected chi connectivity index (χ0v) is 16.9. The van der Waals surface area contributed by atoms with E-state index in [9.17, 15) is 0 Å². The number of likely N-dealkylation sites (tertiary alicyclic amines) is 1. The van der Waals surface area contributed by atoms with E-state index in [0.29, 0.717) is 18.2 Å². The van der Waals surface area contributed by atoms with Crippen LogP contribution in [0.25, 0.3) is 0 Å². The van der Waals surface area contributed by atoms with Crippen molar-refractivity contribution in [3.05, 3.63) is 0 Å². The molecule has 24 heavy (non-hydrogen) atoms. The molecule has 142 valence electrons. The van der Waals surface area contributed by atoms with E-state index in [1.54, 1.807) is 0 Å². The molecule has 3 fully saturated rings. The molecule has 1 N–H and O–H groups in total. The number of rotatable bonds is 4. The second kappa shape index (κ2) is 10.1. The van der Waals surface area contributed by atoms with Crippen molar-refractivity contribution < 1.29 is 4.74 Å². The van der Waals surface area contributed by atoms with Gasteiger partial charge in [-0.3, -0.25) is 0 Å². The van der Waals surface area contributed by atoms with Crippen LogP contribution < -0.4 is 5.32 Å². The summed E-state index contributed by atoms with van der Waals surface area (Å²) >= 11 is 0. The minimum Gasteiger partial charge on any atom is -0.372 e. The summed E-state index contributed by atoms with van der Waals surface area (Å²) in [7, 11) is 0. The Morgan fingerprint density at radius 1 is 0.833 bits per heavy atom. The Bertz CT molecular complexity index is 325. The average Bonchev–Trinajstić information content (AvgIpc) is 2.52. The smallest absolute Gasteiger partial charge is 0.0827 e. The molecule has 0 bridgehead atoms. The Balaban J connectivity index is 0.000000185. The number of nitrogens with one attached hydrogen (secondary N) is 1. The maximum absolute atomic E-state index is 5.97. The molecule has 0 spiro atoms. The summed E-state index contributed by atoms with van der Waals surface area (Å²) in [5, 5.41) is 3.24. The molecular weight excluding hydrogens is 296 g/mol. The molecule has 0 aromatic carbocycles. The van der Waals surface area contributed by atoms with Gasteiger partial charge < -0.3 is 15.0 Å². The predicted molar refractivity (Wildman–Crippen MR) is 103 cm³/mol. The molecule has 3 nitrogen and oxygen atoms in total. The molecule has 0 amide bonds. The maximum atomic E-state index is 5.97. The summed E-state index contributed by atoms with van der Waals surface area (Å²) in [6.07, 6.45) is 9.38. The van der Waals surface area contributed by atoms with Crippen LogP contribution >= 0.6 is 0 Å². The Kier molecular flexibility index (Phi) is 8.53. The van der Waals surface area contributed by atoms with Crippen LogP contribution in [0.5, 0.6) is 0 Å². The molecule has 2 aliphatic heterocycles. The molecule has 1 saturated carbocycles. The van der Waals surface area contributed by atoms with E-state index in [-0.39, 0.29) is 0 Å². The molecule has 3 rings (SSSR count). The molecule has 3 heteroatoms. The summed E-state index contributed by atoms with van der Waals surface area (Å²) < 4.78 is 5.97. The van der Waals surface area contributed by atoms with Crippen molar-refractivity contribution in [3.8, 4) is 0 Å². The molecule has 3 aliphatic rings. The van der Waals surface area contributed by atoms with Crippen LogP contribution in [-0.4, -0.2) is 49.3 Å². The molecule has 2 heterocycles. The van der Waals surface area contributed by atoms with Crippen molar-refractivity contribution in [2.24, 2.45) is 17.8 Å². The molecular formula is C21H42N2O. The Labute approximate surface area is 150 Å². The van der Waals surface area contributed by atoms with E-state index >= 15 is 0 Å². The first kappa shape index (κ1) is 20.2. The molecule has 2 saturated heterocycles. The van der Waals surface area contributed by atoms with Crippen LogP contribution in [-0.2, 0) is 4.74 Å². The summed E-state index contributed by atoms with van der Waals surface area (Å²) in [5.74, 6) is 2.97. The SMILES string of the molecule is CC(C)N1CCC(OC2CNC2)CC1.CC1CCC(C(C)C)CC1. The molecule has 0 atom stereocenters. The van der Waals surface area contributed by atoms with Crippen molar-refractivity contribution in [2.75, 3.05) is 26.2 Å². The standard InChI is InChI=1S/C11H22N2O.C10H20/c1-9(2)13-5-3-10(4-6-13)14-11-7-12-8-11;1-8(2)10-6-4-9(3)5-7-10/h9-12H,3-8H2,1-2H3;8-10H,4-7H2,1-3H3. The lowest BCUT2D eigenvalue weighted by Crippen LogP contribution is -2.51. The lowest BCUT2D eigenvalue weighted by atomic mass is 9.78. The van der Waals surface area contributed by atoms with Crippen LogP contribution in [0.2, 0.25) is 0 Å². The number of hydrogen-bond acceptors (Lipinski definition) is 3. The fraction of sp³-hybridized carbons (Fsp3) is 1.00. The fourth-order valence-electron chi connectivity index (χ4n) is 4.11. The third-order valence-electron chi connectivity index (χ3n) is 6.34. The number of nitrogens with zero attached hydrogens (tertiary/aromatic N) is 1. The van der Waals surface area contributed by atoms with Crippen LogP contribution in [0.3, 0.4) is 0 Å². The van der Waals surface area contributed by atoms with Crippen molar-refractivity contribution in [1.82, 2.24) is 10.2 Å². The van der Waals surface area contributed by atoms with Crippen LogP contribution in [0.1, 0.15) is 73.1 Å². The van der Waals surface area contributed by atoms with Gasteiger partial charge in [0.2, 0.25) is 0 Å². The quantitative estimate of drug-likeness (QED) is 0.826. The van der Waals surface area contributed by atoms with Crippen molar-refractivity contribution >= 4 is 0 Å². The number of hydrogen-bond donors (Lipinski definition) is 1. The van der Waals surface area contributed by atoms with E-state index in [0.717, 1.165) is 30.8 Å². The van der Waals surface area contributed by atoms with Gasteiger partial charge in [0.05, 0.1) is 12.2 Å². The highest BCUT2D eigenvalue weighted by atomic mass is 16.5. The molecule has 0 unspecified atom stereocenters. The summed E-state index contributed by atoms with van der Waals surface area (Å²) in [6, 6.07) is 0.696. The van der Waals surface area contributed by atoms with Crippen LogP contribution in [0.15, 0.2) is 0 Å². The minimum atomic E-state index is 0.505. The van der Waals surface area contributed by atoms with E-state index in [1.807, 2.05) is 0 Å². The third kappa shape index (κ3) is 6.65. The minimum absolute atomic E-state index is 0.505. The van der Waals surface area contributed by atoms with Gasteiger partial charge in [0.15, 0.2) is 0 Å². The van der Waals surface area contributed by atoms with Gasteiger partial charge in [-0.2, -0.15) is 0 Å². The highest BCUT2D eigenvalue weighted by molar-refractivity contribution is 4.80. The monoisotopic (exact) mass is 338 g/mol. The van der Waals surface area contributed by atoms with Crippen molar-refractivity contribution in [3.63, 3.8) is 0 Å². The molecule has 0 aromatic heterocycles. The van der Waals surface area contributed by atoms with Crippen LogP contribution in [0.4, 0.5) is 0 Å². The highest BCUT2D eigenvalue weighted by Crippen LogP contribution is 2.32. The first-order chi connectivity index (χ1) is 11.5.